The molecule has 2 nitrogen and oxygen atoms in total. The van der Waals surface area contributed by atoms with Crippen LogP contribution >= 0.6 is 0 Å². The van der Waals surface area contributed by atoms with Gasteiger partial charge in [-0.15, -0.1) is 0 Å². The van der Waals surface area contributed by atoms with E-state index >= 15 is 0 Å². The Labute approximate surface area is 122 Å². The monoisotopic (exact) mass is 268 g/mol. The van der Waals surface area contributed by atoms with Gasteiger partial charge < -0.3 is 0 Å². The molecule has 0 aromatic heterocycles. The topological polar surface area (TPSA) is 38.0 Å². The zero-order chi connectivity index (χ0) is 14.2. The molecule has 0 saturated carbocycles. The fourth-order valence-corrected chi connectivity index (χ4v) is 2.56. The van der Waals surface area contributed by atoms with Gasteiger partial charge in [-0.25, -0.2) is 0 Å². The lowest BCUT2D eigenvalue weighted by molar-refractivity contribution is 0.516. The molecule has 0 aliphatic heterocycles. The molecule has 0 heterocycles. The predicted octanol–water partition coefficient (Wildman–Crippen LogP) is 3.78. The third kappa shape index (κ3) is 4.19. The van der Waals surface area contributed by atoms with Crippen molar-refractivity contribution in [3.05, 3.63) is 71.3 Å². The van der Waals surface area contributed by atoms with Gasteiger partial charge in [0.05, 0.1) is 0 Å². The van der Waals surface area contributed by atoms with Crippen LogP contribution in [0.2, 0.25) is 0 Å². The smallest absolute Gasteiger partial charge is 0.0463 e. The molecule has 0 radical (unpaired) electrons. The number of rotatable bonds is 7. The number of hydrogen-bond acceptors (Lipinski definition) is 2. The Morgan fingerprint density at radius 1 is 0.950 bits per heavy atom. The summed E-state index contributed by atoms with van der Waals surface area (Å²) in [5.74, 6) is 5.74. The molecule has 0 saturated heterocycles. The van der Waals surface area contributed by atoms with E-state index in [1.54, 1.807) is 0 Å². The standard InChI is InChI=1S/C18H24N2/c1-2-7-16-10-6-11-17(14-16)18(20-19)13-12-15-8-4-3-5-9-15/h3-6,8-11,14,18,20H,2,7,12-13,19H2,1H3. The Balaban J connectivity index is 2.02. The van der Waals surface area contributed by atoms with E-state index in [2.05, 4.69) is 66.9 Å². The van der Waals surface area contributed by atoms with Gasteiger partial charge in [0.2, 0.25) is 0 Å². The second-order valence-electron chi connectivity index (χ2n) is 5.24. The molecule has 2 heteroatoms. The molecule has 2 rings (SSSR count). The zero-order valence-corrected chi connectivity index (χ0v) is 12.2. The summed E-state index contributed by atoms with van der Waals surface area (Å²) >= 11 is 0. The number of nitrogens with one attached hydrogen (secondary N) is 1. The van der Waals surface area contributed by atoms with Crippen molar-refractivity contribution >= 4 is 0 Å². The first-order chi connectivity index (χ1) is 9.83. The molecule has 0 spiro atoms. The molecule has 0 aliphatic rings. The molecular weight excluding hydrogens is 244 g/mol. The highest BCUT2D eigenvalue weighted by Gasteiger charge is 2.10. The quantitative estimate of drug-likeness (QED) is 0.592. The molecular formula is C18H24N2. The lowest BCUT2D eigenvalue weighted by Crippen LogP contribution is -2.28. The van der Waals surface area contributed by atoms with Gasteiger partial charge >= 0.3 is 0 Å². The maximum atomic E-state index is 5.74. The van der Waals surface area contributed by atoms with Crippen LogP contribution in [0.4, 0.5) is 0 Å². The van der Waals surface area contributed by atoms with Gasteiger partial charge in [-0.05, 0) is 36.0 Å². The summed E-state index contributed by atoms with van der Waals surface area (Å²) in [7, 11) is 0. The highest BCUT2D eigenvalue weighted by atomic mass is 15.2. The van der Waals surface area contributed by atoms with Gasteiger partial charge in [0.15, 0.2) is 0 Å². The van der Waals surface area contributed by atoms with Crippen LogP contribution < -0.4 is 11.3 Å². The van der Waals surface area contributed by atoms with Crippen molar-refractivity contribution in [1.82, 2.24) is 5.43 Å². The van der Waals surface area contributed by atoms with Crippen molar-refractivity contribution in [2.45, 2.75) is 38.6 Å². The summed E-state index contributed by atoms with van der Waals surface area (Å²) in [4.78, 5) is 0. The Morgan fingerprint density at radius 3 is 2.40 bits per heavy atom. The van der Waals surface area contributed by atoms with Crippen molar-refractivity contribution in [3.8, 4) is 0 Å². The van der Waals surface area contributed by atoms with Crippen molar-refractivity contribution in [2.75, 3.05) is 0 Å². The van der Waals surface area contributed by atoms with Gasteiger partial charge in [-0.1, -0.05) is 67.9 Å². The summed E-state index contributed by atoms with van der Waals surface area (Å²) in [6.07, 6.45) is 4.35. The second-order valence-corrected chi connectivity index (χ2v) is 5.24. The average molecular weight is 268 g/mol. The molecule has 0 amide bonds. The summed E-state index contributed by atoms with van der Waals surface area (Å²) < 4.78 is 0. The number of aryl methyl sites for hydroxylation is 2. The molecule has 2 aromatic rings. The summed E-state index contributed by atoms with van der Waals surface area (Å²) in [6, 6.07) is 19.5. The molecule has 20 heavy (non-hydrogen) atoms. The highest BCUT2D eigenvalue weighted by Crippen LogP contribution is 2.20. The van der Waals surface area contributed by atoms with Crippen LogP contribution in [0.1, 0.15) is 42.5 Å². The van der Waals surface area contributed by atoms with Crippen LogP contribution in [0.3, 0.4) is 0 Å². The molecule has 2 aromatic carbocycles. The Bertz CT molecular complexity index is 508. The predicted molar refractivity (Wildman–Crippen MR) is 85.3 cm³/mol. The first kappa shape index (κ1) is 14.8. The molecule has 1 unspecified atom stereocenters. The Hall–Kier alpha value is -1.64. The van der Waals surface area contributed by atoms with E-state index in [1.165, 1.54) is 23.1 Å². The van der Waals surface area contributed by atoms with E-state index in [0.717, 1.165) is 19.3 Å². The number of hydrogen-bond donors (Lipinski definition) is 2. The molecule has 0 fully saturated rings. The minimum Gasteiger partial charge on any atom is -0.271 e. The number of nitrogens with two attached hydrogens (primary N) is 1. The second kappa shape index (κ2) is 7.83. The molecule has 0 aliphatic carbocycles. The number of hydrazine groups is 1. The SMILES string of the molecule is CCCc1cccc(C(CCc2ccccc2)NN)c1. The van der Waals surface area contributed by atoms with Crippen LogP contribution in [0, 0.1) is 0 Å². The van der Waals surface area contributed by atoms with E-state index in [0.29, 0.717) is 0 Å². The summed E-state index contributed by atoms with van der Waals surface area (Å²) in [5, 5.41) is 0. The minimum atomic E-state index is 0.215. The first-order valence-corrected chi connectivity index (χ1v) is 7.42. The van der Waals surface area contributed by atoms with E-state index in [9.17, 15) is 0 Å². The van der Waals surface area contributed by atoms with Crippen LogP contribution in [-0.2, 0) is 12.8 Å². The van der Waals surface area contributed by atoms with E-state index < -0.39 is 0 Å². The van der Waals surface area contributed by atoms with E-state index in [1.807, 2.05) is 0 Å². The third-order valence-corrected chi connectivity index (χ3v) is 3.66. The van der Waals surface area contributed by atoms with Crippen LogP contribution in [0.5, 0.6) is 0 Å². The van der Waals surface area contributed by atoms with Crippen molar-refractivity contribution in [2.24, 2.45) is 5.84 Å². The minimum absolute atomic E-state index is 0.215. The summed E-state index contributed by atoms with van der Waals surface area (Å²) in [5.41, 5.74) is 7.00. The van der Waals surface area contributed by atoms with Crippen molar-refractivity contribution < 1.29 is 0 Å². The van der Waals surface area contributed by atoms with Crippen LogP contribution in [-0.4, -0.2) is 0 Å². The van der Waals surface area contributed by atoms with Gasteiger partial charge in [0.25, 0.3) is 0 Å². The Morgan fingerprint density at radius 2 is 1.70 bits per heavy atom. The highest BCUT2D eigenvalue weighted by molar-refractivity contribution is 5.26. The maximum absolute atomic E-state index is 5.74. The maximum Gasteiger partial charge on any atom is 0.0463 e. The fraction of sp³-hybridized carbons (Fsp3) is 0.333. The molecule has 1 atom stereocenters. The molecule has 106 valence electrons. The zero-order valence-electron chi connectivity index (χ0n) is 12.2. The molecule has 3 N–H and O–H groups in total. The van der Waals surface area contributed by atoms with Gasteiger partial charge in [-0.2, -0.15) is 0 Å². The normalized spacial score (nSPS) is 12.3. The largest absolute Gasteiger partial charge is 0.271 e. The van der Waals surface area contributed by atoms with E-state index in [4.69, 9.17) is 5.84 Å². The van der Waals surface area contributed by atoms with Gasteiger partial charge in [0, 0.05) is 6.04 Å². The van der Waals surface area contributed by atoms with Crippen LogP contribution in [0.25, 0.3) is 0 Å². The number of benzene rings is 2. The van der Waals surface area contributed by atoms with E-state index in [-0.39, 0.29) is 6.04 Å². The average Bonchev–Trinajstić information content (AvgIpc) is 2.50. The van der Waals surface area contributed by atoms with Crippen molar-refractivity contribution in [3.63, 3.8) is 0 Å². The van der Waals surface area contributed by atoms with Crippen LogP contribution in [0.15, 0.2) is 54.6 Å². The molecule has 0 bridgehead atoms. The summed E-state index contributed by atoms with van der Waals surface area (Å²) in [6.45, 7) is 2.21. The third-order valence-electron chi connectivity index (χ3n) is 3.66. The van der Waals surface area contributed by atoms with Crippen molar-refractivity contribution in [1.29, 1.82) is 0 Å². The lowest BCUT2D eigenvalue weighted by Gasteiger charge is -2.17. The van der Waals surface area contributed by atoms with Gasteiger partial charge in [-0.3, -0.25) is 11.3 Å². The fourth-order valence-electron chi connectivity index (χ4n) is 2.56. The Kier molecular flexibility index (Phi) is 5.78. The first-order valence-electron chi connectivity index (χ1n) is 7.42. The lowest BCUT2D eigenvalue weighted by atomic mass is 9.97. The van der Waals surface area contributed by atoms with Gasteiger partial charge in [0.1, 0.15) is 0 Å².